The monoisotopic (exact) mass is 362 g/mol. The Kier molecular flexibility index (Phi) is 4.71. The third-order valence-electron chi connectivity index (χ3n) is 5.37. The smallest absolute Gasteiger partial charge is 0.258 e. The fourth-order valence-corrected chi connectivity index (χ4v) is 3.94. The van der Waals surface area contributed by atoms with Crippen LogP contribution in [0.3, 0.4) is 0 Å². The number of aryl methyl sites for hydroxylation is 1. The van der Waals surface area contributed by atoms with Crippen molar-refractivity contribution in [3.63, 3.8) is 0 Å². The molecule has 0 saturated heterocycles. The number of hydrogen-bond acceptors (Lipinski definition) is 5. The predicted molar refractivity (Wildman–Crippen MR) is 101 cm³/mol. The minimum absolute atomic E-state index is 0.0192. The average molecular weight is 362 g/mol. The molecule has 0 bridgehead atoms. The van der Waals surface area contributed by atoms with E-state index in [0.717, 1.165) is 12.8 Å². The van der Waals surface area contributed by atoms with Crippen molar-refractivity contribution in [2.24, 2.45) is 0 Å². The Hall–Kier alpha value is -3.02. The molecule has 1 saturated carbocycles. The van der Waals surface area contributed by atoms with Crippen molar-refractivity contribution in [2.75, 3.05) is 6.54 Å². The molecular weight excluding hydrogens is 340 g/mol. The van der Waals surface area contributed by atoms with Crippen molar-refractivity contribution < 1.29 is 9.32 Å². The molecule has 138 valence electrons. The SMILES string of the molecule is Cc1noc(-c2ccccc2C(=O)NCC2(c3ccncc3)CCCC2)n1. The summed E-state index contributed by atoms with van der Waals surface area (Å²) in [6.45, 7) is 2.36. The first-order valence-electron chi connectivity index (χ1n) is 9.26. The van der Waals surface area contributed by atoms with Crippen LogP contribution < -0.4 is 5.32 Å². The number of carbonyl (C=O) groups excluding carboxylic acids is 1. The van der Waals surface area contributed by atoms with Crippen molar-refractivity contribution in [3.8, 4) is 11.5 Å². The molecule has 0 atom stereocenters. The van der Waals surface area contributed by atoms with Crippen molar-refractivity contribution >= 4 is 5.91 Å². The van der Waals surface area contributed by atoms with Crippen LogP contribution in [0.4, 0.5) is 0 Å². The van der Waals surface area contributed by atoms with Crippen LogP contribution in [0.1, 0.15) is 47.4 Å². The maximum atomic E-state index is 13.0. The number of benzene rings is 1. The normalized spacial score (nSPS) is 15.6. The van der Waals surface area contributed by atoms with Gasteiger partial charge >= 0.3 is 0 Å². The molecule has 2 aromatic heterocycles. The highest BCUT2D eigenvalue weighted by molar-refractivity contribution is 6.00. The molecule has 27 heavy (non-hydrogen) atoms. The van der Waals surface area contributed by atoms with Crippen LogP contribution in [0.2, 0.25) is 0 Å². The van der Waals surface area contributed by atoms with E-state index in [1.165, 1.54) is 18.4 Å². The summed E-state index contributed by atoms with van der Waals surface area (Å²) in [6, 6.07) is 11.4. The molecule has 4 rings (SSSR count). The maximum absolute atomic E-state index is 13.0. The number of carbonyl (C=O) groups is 1. The van der Waals surface area contributed by atoms with Crippen LogP contribution in [0, 0.1) is 6.92 Å². The first-order valence-corrected chi connectivity index (χ1v) is 9.26. The van der Waals surface area contributed by atoms with Crippen LogP contribution in [0.15, 0.2) is 53.3 Å². The summed E-state index contributed by atoms with van der Waals surface area (Å²) >= 11 is 0. The summed E-state index contributed by atoms with van der Waals surface area (Å²) in [5, 5.41) is 6.98. The van der Waals surface area contributed by atoms with E-state index in [1.807, 2.05) is 30.6 Å². The Labute approximate surface area is 158 Å². The molecule has 6 heteroatoms. The van der Waals surface area contributed by atoms with Gasteiger partial charge in [-0.25, -0.2) is 0 Å². The molecule has 1 aliphatic carbocycles. The van der Waals surface area contributed by atoms with E-state index < -0.39 is 0 Å². The van der Waals surface area contributed by atoms with Gasteiger partial charge in [0.25, 0.3) is 11.8 Å². The Balaban J connectivity index is 1.56. The lowest BCUT2D eigenvalue weighted by atomic mass is 9.79. The molecule has 1 aromatic carbocycles. The molecule has 1 aliphatic rings. The minimum atomic E-state index is -0.123. The van der Waals surface area contributed by atoms with Gasteiger partial charge in [0.2, 0.25) is 0 Å². The van der Waals surface area contributed by atoms with Gasteiger partial charge in [-0.2, -0.15) is 4.98 Å². The molecular formula is C21H22N4O2. The average Bonchev–Trinajstić information content (AvgIpc) is 3.37. The summed E-state index contributed by atoms with van der Waals surface area (Å²) in [5.74, 6) is 0.785. The standard InChI is InChI=1S/C21H22N4O2/c1-15-24-20(27-25-15)18-7-3-2-6-17(18)19(26)23-14-21(10-4-5-11-21)16-8-12-22-13-9-16/h2-3,6-9,12-13H,4-5,10-11,14H2,1H3,(H,23,26). The van der Waals surface area contributed by atoms with Gasteiger partial charge in [0, 0.05) is 24.4 Å². The van der Waals surface area contributed by atoms with E-state index in [-0.39, 0.29) is 11.3 Å². The fourth-order valence-electron chi connectivity index (χ4n) is 3.94. The van der Waals surface area contributed by atoms with Crippen molar-refractivity contribution in [1.82, 2.24) is 20.4 Å². The molecule has 0 aliphatic heterocycles. The van der Waals surface area contributed by atoms with Gasteiger partial charge in [-0.15, -0.1) is 0 Å². The largest absolute Gasteiger partial charge is 0.351 e. The highest BCUT2D eigenvalue weighted by Gasteiger charge is 2.36. The molecule has 1 N–H and O–H groups in total. The number of rotatable bonds is 5. The second kappa shape index (κ2) is 7.31. The fraction of sp³-hybridized carbons (Fsp3) is 0.333. The molecule has 3 aromatic rings. The second-order valence-electron chi connectivity index (χ2n) is 7.10. The molecule has 2 heterocycles. The van der Waals surface area contributed by atoms with Gasteiger partial charge < -0.3 is 9.84 Å². The lowest BCUT2D eigenvalue weighted by Gasteiger charge is -2.30. The lowest BCUT2D eigenvalue weighted by molar-refractivity contribution is 0.0943. The molecule has 0 spiro atoms. The number of hydrogen-bond donors (Lipinski definition) is 1. The first-order chi connectivity index (χ1) is 13.2. The van der Waals surface area contributed by atoms with Crippen LogP contribution in [-0.2, 0) is 5.41 Å². The van der Waals surface area contributed by atoms with Crippen molar-refractivity contribution in [1.29, 1.82) is 0 Å². The zero-order chi connectivity index (χ0) is 18.7. The van der Waals surface area contributed by atoms with Gasteiger partial charge in [-0.3, -0.25) is 9.78 Å². The zero-order valence-electron chi connectivity index (χ0n) is 15.3. The summed E-state index contributed by atoms with van der Waals surface area (Å²) < 4.78 is 5.26. The quantitative estimate of drug-likeness (QED) is 0.749. The lowest BCUT2D eigenvalue weighted by Crippen LogP contribution is -2.39. The predicted octanol–water partition coefficient (Wildman–Crippen LogP) is 3.68. The Morgan fingerprint density at radius 1 is 1.15 bits per heavy atom. The summed E-state index contributed by atoms with van der Waals surface area (Å²) in [4.78, 5) is 21.3. The minimum Gasteiger partial charge on any atom is -0.351 e. The van der Waals surface area contributed by atoms with Crippen LogP contribution in [0.25, 0.3) is 11.5 Å². The third kappa shape index (κ3) is 3.47. The van der Waals surface area contributed by atoms with Crippen LogP contribution >= 0.6 is 0 Å². The third-order valence-corrected chi connectivity index (χ3v) is 5.37. The topological polar surface area (TPSA) is 80.9 Å². The van der Waals surface area contributed by atoms with Crippen LogP contribution in [0.5, 0.6) is 0 Å². The van der Waals surface area contributed by atoms with E-state index in [0.29, 0.717) is 29.4 Å². The summed E-state index contributed by atoms with van der Waals surface area (Å²) in [6.07, 6.45) is 8.14. The maximum Gasteiger partial charge on any atom is 0.258 e. The molecule has 1 fully saturated rings. The summed E-state index contributed by atoms with van der Waals surface area (Å²) in [5.41, 5.74) is 2.43. The van der Waals surface area contributed by atoms with Gasteiger partial charge in [-0.1, -0.05) is 30.1 Å². The number of aromatic nitrogens is 3. The Morgan fingerprint density at radius 3 is 2.59 bits per heavy atom. The first kappa shape index (κ1) is 17.4. The van der Waals surface area contributed by atoms with E-state index in [1.54, 1.807) is 13.0 Å². The number of nitrogens with zero attached hydrogens (tertiary/aromatic N) is 3. The van der Waals surface area contributed by atoms with E-state index >= 15 is 0 Å². The molecule has 0 radical (unpaired) electrons. The number of nitrogens with one attached hydrogen (secondary N) is 1. The van der Waals surface area contributed by atoms with Crippen molar-refractivity contribution in [2.45, 2.75) is 38.0 Å². The van der Waals surface area contributed by atoms with Gasteiger partial charge in [0.05, 0.1) is 11.1 Å². The van der Waals surface area contributed by atoms with Crippen LogP contribution in [-0.4, -0.2) is 27.6 Å². The van der Waals surface area contributed by atoms with Gasteiger partial charge in [0.15, 0.2) is 5.82 Å². The van der Waals surface area contributed by atoms with E-state index in [9.17, 15) is 4.79 Å². The molecule has 6 nitrogen and oxygen atoms in total. The van der Waals surface area contributed by atoms with Gasteiger partial charge in [0.1, 0.15) is 0 Å². The van der Waals surface area contributed by atoms with Gasteiger partial charge in [-0.05, 0) is 49.6 Å². The van der Waals surface area contributed by atoms with E-state index in [2.05, 4.69) is 32.6 Å². The second-order valence-corrected chi connectivity index (χ2v) is 7.10. The van der Waals surface area contributed by atoms with Crippen molar-refractivity contribution in [3.05, 3.63) is 65.7 Å². The molecule has 0 unspecified atom stereocenters. The van der Waals surface area contributed by atoms with E-state index in [4.69, 9.17) is 4.52 Å². The Bertz CT molecular complexity index is 930. The number of pyridine rings is 1. The number of amides is 1. The Morgan fingerprint density at radius 2 is 1.89 bits per heavy atom. The molecule has 1 amide bonds. The summed E-state index contributed by atoms with van der Waals surface area (Å²) in [7, 11) is 0. The zero-order valence-corrected chi connectivity index (χ0v) is 15.3. The highest BCUT2D eigenvalue weighted by Crippen LogP contribution is 2.40. The highest BCUT2D eigenvalue weighted by atomic mass is 16.5.